The highest BCUT2D eigenvalue weighted by atomic mass is 19.2. The van der Waals surface area contributed by atoms with Crippen LogP contribution in [0.15, 0.2) is 36.4 Å². The highest BCUT2D eigenvalue weighted by Crippen LogP contribution is 2.30. The van der Waals surface area contributed by atoms with E-state index in [4.69, 9.17) is 0 Å². The van der Waals surface area contributed by atoms with Gasteiger partial charge in [0.1, 0.15) is 6.10 Å². The molecule has 0 heterocycles. The summed E-state index contributed by atoms with van der Waals surface area (Å²) in [6.45, 7) is 0. The van der Waals surface area contributed by atoms with Crippen LogP contribution in [0, 0.1) is 17.5 Å². The fraction of sp³-hybridized carbons (Fsp3) is 0.133. The van der Waals surface area contributed by atoms with Crippen LogP contribution >= 0.6 is 0 Å². The fourth-order valence-corrected chi connectivity index (χ4v) is 1.89. The zero-order chi connectivity index (χ0) is 15.6. The molecule has 0 aliphatic rings. The first-order chi connectivity index (χ1) is 9.97. The molecule has 0 amide bonds. The van der Waals surface area contributed by atoms with Gasteiger partial charge in [-0.2, -0.15) is 4.39 Å². The van der Waals surface area contributed by atoms with Gasteiger partial charge in [-0.15, -0.1) is 0 Å². The van der Waals surface area contributed by atoms with Crippen molar-refractivity contribution in [1.29, 1.82) is 0 Å². The Kier molecular flexibility index (Phi) is 4.28. The van der Waals surface area contributed by atoms with Crippen molar-refractivity contribution in [1.82, 2.24) is 0 Å². The Morgan fingerprint density at radius 3 is 2.33 bits per heavy atom. The standard InChI is InChI=1S/C15H11F3O3/c1-21-15-9(7-10(16)11(17)12(15)18)14(20)13(19)8-5-3-2-4-6-8/h2-7,13,19H,1H3. The van der Waals surface area contributed by atoms with Crippen molar-refractivity contribution in [3.8, 4) is 5.75 Å². The molecule has 0 saturated heterocycles. The van der Waals surface area contributed by atoms with Crippen LogP contribution in [0.2, 0.25) is 0 Å². The number of benzene rings is 2. The highest BCUT2D eigenvalue weighted by molar-refractivity contribution is 6.02. The van der Waals surface area contributed by atoms with Gasteiger partial charge in [-0.25, -0.2) is 8.78 Å². The summed E-state index contributed by atoms with van der Waals surface area (Å²) in [6, 6.07) is 8.32. The Hall–Kier alpha value is -2.34. The van der Waals surface area contributed by atoms with Gasteiger partial charge in [0.25, 0.3) is 0 Å². The molecular formula is C15H11F3O3. The molecule has 3 nitrogen and oxygen atoms in total. The van der Waals surface area contributed by atoms with E-state index in [0.717, 1.165) is 7.11 Å². The lowest BCUT2D eigenvalue weighted by molar-refractivity contribution is 0.0742. The third-order valence-electron chi connectivity index (χ3n) is 2.95. The van der Waals surface area contributed by atoms with Crippen LogP contribution in [0.3, 0.4) is 0 Å². The summed E-state index contributed by atoms with van der Waals surface area (Å²) < 4.78 is 44.6. The third kappa shape index (κ3) is 2.75. The first kappa shape index (κ1) is 15.1. The summed E-state index contributed by atoms with van der Waals surface area (Å²) >= 11 is 0. The van der Waals surface area contributed by atoms with Crippen LogP contribution in [0.4, 0.5) is 13.2 Å². The number of hydrogen-bond acceptors (Lipinski definition) is 3. The topological polar surface area (TPSA) is 46.5 Å². The Morgan fingerprint density at radius 1 is 1.14 bits per heavy atom. The number of rotatable bonds is 4. The number of methoxy groups -OCH3 is 1. The summed E-state index contributed by atoms with van der Waals surface area (Å²) in [5.74, 6) is -6.61. The summed E-state index contributed by atoms with van der Waals surface area (Å²) in [5.41, 5.74) is -0.319. The lowest BCUT2D eigenvalue weighted by atomic mass is 9.99. The minimum atomic E-state index is -1.74. The van der Waals surface area contributed by atoms with Crippen LogP contribution in [0.5, 0.6) is 5.75 Å². The third-order valence-corrected chi connectivity index (χ3v) is 2.95. The molecular weight excluding hydrogens is 285 g/mol. The monoisotopic (exact) mass is 296 g/mol. The lowest BCUT2D eigenvalue weighted by Gasteiger charge is -2.14. The minimum absolute atomic E-state index is 0.245. The highest BCUT2D eigenvalue weighted by Gasteiger charge is 2.28. The van der Waals surface area contributed by atoms with E-state index >= 15 is 0 Å². The van der Waals surface area contributed by atoms with Gasteiger partial charge in [-0.05, 0) is 11.6 Å². The van der Waals surface area contributed by atoms with Gasteiger partial charge in [-0.3, -0.25) is 4.79 Å². The van der Waals surface area contributed by atoms with E-state index in [-0.39, 0.29) is 5.56 Å². The Balaban J connectivity index is 2.49. The molecule has 21 heavy (non-hydrogen) atoms. The lowest BCUT2D eigenvalue weighted by Crippen LogP contribution is -2.15. The van der Waals surface area contributed by atoms with Crippen LogP contribution in [0.25, 0.3) is 0 Å². The fourth-order valence-electron chi connectivity index (χ4n) is 1.89. The summed E-state index contributed by atoms with van der Waals surface area (Å²) in [5, 5.41) is 9.97. The number of carbonyl (C=O) groups is 1. The molecule has 0 bridgehead atoms. The van der Waals surface area contributed by atoms with Gasteiger partial charge < -0.3 is 9.84 Å². The molecule has 1 N–H and O–H groups in total. The molecule has 0 aliphatic carbocycles. The first-order valence-electron chi connectivity index (χ1n) is 5.96. The zero-order valence-corrected chi connectivity index (χ0v) is 10.9. The molecule has 2 aromatic rings. The van der Waals surface area contributed by atoms with Crippen LogP contribution in [-0.2, 0) is 0 Å². The summed E-state index contributed by atoms with van der Waals surface area (Å²) in [7, 11) is 1.02. The second kappa shape index (κ2) is 5.97. The molecule has 0 radical (unpaired) electrons. The predicted octanol–water partition coefficient (Wildman–Crippen LogP) is 3.03. The number of aliphatic hydroxyl groups excluding tert-OH is 1. The van der Waals surface area contributed by atoms with Crippen LogP contribution in [-0.4, -0.2) is 18.0 Å². The average Bonchev–Trinajstić information content (AvgIpc) is 2.51. The number of hydrogen-bond donors (Lipinski definition) is 1. The van der Waals surface area contributed by atoms with E-state index in [1.54, 1.807) is 18.2 Å². The Morgan fingerprint density at radius 2 is 1.76 bits per heavy atom. The minimum Gasteiger partial charge on any atom is -0.493 e. The molecule has 0 aromatic heterocycles. The van der Waals surface area contributed by atoms with E-state index in [1.165, 1.54) is 12.1 Å². The predicted molar refractivity (Wildman–Crippen MR) is 68.6 cm³/mol. The zero-order valence-electron chi connectivity index (χ0n) is 10.9. The normalized spacial score (nSPS) is 12.0. The van der Waals surface area contributed by atoms with Crippen molar-refractivity contribution in [3.63, 3.8) is 0 Å². The Labute approximate surface area is 118 Å². The smallest absolute Gasteiger partial charge is 0.204 e. The Bertz CT molecular complexity index is 672. The maximum atomic E-state index is 13.6. The van der Waals surface area contributed by atoms with Crippen LogP contribution in [0.1, 0.15) is 22.0 Å². The molecule has 6 heteroatoms. The van der Waals surface area contributed by atoms with E-state index in [1.807, 2.05) is 0 Å². The molecule has 1 atom stereocenters. The van der Waals surface area contributed by atoms with E-state index in [9.17, 15) is 23.1 Å². The van der Waals surface area contributed by atoms with Gasteiger partial charge in [0, 0.05) is 0 Å². The van der Waals surface area contributed by atoms with Crippen molar-refractivity contribution in [2.75, 3.05) is 7.11 Å². The van der Waals surface area contributed by atoms with E-state index < -0.39 is 40.7 Å². The average molecular weight is 296 g/mol. The largest absolute Gasteiger partial charge is 0.493 e. The van der Waals surface area contributed by atoms with Crippen LogP contribution < -0.4 is 4.74 Å². The molecule has 0 aliphatic heterocycles. The van der Waals surface area contributed by atoms with Gasteiger partial charge in [0.05, 0.1) is 12.7 Å². The van der Waals surface area contributed by atoms with Gasteiger partial charge >= 0.3 is 0 Å². The second-order valence-corrected chi connectivity index (χ2v) is 4.24. The number of ether oxygens (including phenoxy) is 1. The van der Waals surface area contributed by atoms with E-state index in [0.29, 0.717) is 6.07 Å². The second-order valence-electron chi connectivity index (χ2n) is 4.24. The molecule has 0 saturated carbocycles. The summed E-state index contributed by atoms with van der Waals surface area (Å²) in [6.07, 6.45) is -1.63. The van der Waals surface area contributed by atoms with Crippen molar-refractivity contribution < 1.29 is 27.8 Å². The summed E-state index contributed by atoms with van der Waals surface area (Å²) in [4.78, 5) is 12.2. The number of aliphatic hydroxyl groups is 1. The SMILES string of the molecule is COc1c(C(=O)C(O)c2ccccc2)cc(F)c(F)c1F. The number of ketones is 1. The van der Waals surface area contributed by atoms with E-state index in [2.05, 4.69) is 4.74 Å². The first-order valence-corrected chi connectivity index (χ1v) is 5.96. The quantitative estimate of drug-likeness (QED) is 0.697. The number of Topliss-reactive ketones (excluding diaryl/α,β-unsaturated/α-hetero) is 1. The maximum absolute atomic E-state index is 13.6. The van der Waals surface area contributed by atoms with Crippen molar-refractivity contribution >= 4 is 5.78 Å². The molecule has 110 valence electrons. The molecule has 2 rings (SSSR count). The van der Waals surface area contributed by atoms with Crippen molar-refractivity contribution in [2.24, 2.45) is 0 Å². The van der Waals surface area contributed by atoms with Gasteiger partial charge in [0.2, 0.25) is 5.82 Å². The van der Waals surface area contributed by atoms with Crippen molar-refractivity contribution in [3.05, 3.63) is 65.0 Å². The molecule has 0 spiro atoms. The van der Waals surface area contributed by atoms with Gasteiger partial charge in [-0.1, -0.05) is 30.3 Å². The van der Waals surface area contributed by atoms with Crippen molar-refractivity contribution in [2.45, 2.75) is 6.10 Å². The van der Waals surface area contributed by atoms with Gasteiger partial charge in [0.15, 0.2) is 23.2 Å². The molecule has 2 aromatic carbocycles. The molecule has 1 unspecified atom stereocenters. The number of halogens is 3. The number of carbonyl (C=O) groups excluding carboxylic acids is 1. The molecule has 0 fully saturated rings. The maximum Gasteiger partial charge on any atom is 0.204 e.